The molecule has 3 heteroatoms. The fourth-order valence-corrected chi connectivity index (χ4v) is 2.76. The highest BCUT2D eigenvalue weighted by atomic mass is 16.5. The molecule has 1 fully saturated rings. The number of hydrogen-bond acceptors (Lipinski definition) is 3. The Morgan fingerprint density at radius 2 is 2.11 bits per heavy atom. The van der Waals surface area contributed by atoms with Crippen LogP contribution in [0.25, 0.3) is 0 Å². The molecule has 1 aliphatic heterocycles. The molecule has 0 aromatic heterocycles. The minimum Gasteiger partial charge on any atom is -0.494 e. The number of nitrogens with two attached hydrogens (primary N) is 1. The zero-order valence-electron chi connectivity index (χ0n) is 11.9. The molecule has 1 saturated heterocycles. The van der Waals surface area contributed by atoms with E-state index >= 15 is 0 Å². The molecule has 2 rings (SSSR count). The van der Waals surface area contributed by atoms with E-state index in [2.05, 4.69) is 11.8 Å². The number of hydrogen-bond donors (Lipinski definition) is 1. The molecule has 1 heterocycles. The SMILES string of the molecule is CCC1CN(CCCOc2ccccc2)CCC1N. The minimum absolute atomic E-state index is 0.404. The molecule has 1 aromatic carbocycles. The van der Waals surface area contributed by atoms with Crippen molar-refractivity contribution >= 4 is 0 Å². The summed E-state index contributed by atoms with van der Waals surface area (Å²) in [6.07, 6.45) is 3.41. The molecule has 0 aliphatic carbocycles. The predicted octanol–water partition coefficient (Wildman–Crippen LogP) is 2.51. The normalized spacial score (nSPS) is 24.3. The lowest BCUT2D eigenvalue weighted by molar-refractivity contribution is 0.143. The number of para-hydroxylation sites is 1. The summed E-state index contributed by atoms with van der Waals surface area (Å²) in [6.45, 7) is 6.46. The third-order valence-corrected chi connectivity index (χ3v) is 4.03. The zero-order chi connectivity index (χ0) is 13.5. The van der Waals surface area contributed by atoms with E-state index in [1.54, 1.807) is 0 Å². The highest BCUT2D eigenvalue weighted by Crippen LogP contribution is 2.18. The Hall–Kier alpha value is -1.06. The fourth-order valence-electron chi connectivity index (χ4n) is 2.76. The van der Waals surface area contributed by atoms with Gasteiger partial charge in [-0.1, -0.05) is 31.5 Å². The van der Waals surface area contributed by atoms with Crippen molar-refractivity contribution in [2.24, 2.45) is 11.7 Å². The van der Waals surface area contributed by atoms with Crippen molar-refractivity contribution in [3.63, 3.8) is 0 Å². The number of piperidine rings is 1. The Labute approximate surface area is 116 Å². The highest BCUT2D eigenvalue weighted by Gasteiger charge is 2.24. The Balaban J connectivity index is 1.63. The quantitative estimate of drug-likeness (QED) is 0.801. The molecule has 2 N–H and O–H groups in total. The van der Waals surface area contributed by atoms with Gasteiger partial charge in [-0.2, -0.15) is 0 Å². The monoisotopic (exact) mass is 262 g/mol. The van der Waals surface area contributed by atoms with Gasteiger partial charge in [-0.3, -0.25) is 0 Å². The van der Waals surface area contributed by atoms with Gasteiger partial charge in [-0.15, -0.1) is 0 Å². The van der Waals surface area contributed by atoms with Crippen LogP contribution in [0.3, 0.4) is 0 Å². The lowest BCUT2D eigenvalue weighted by Crippen LogP contribution is -2.47. The Morgan fingerprint density at radius 3 is 2.84 bits per heavy atom. The molecule has 1 aliphatic rings. The third-order valence-electron chi connectivity index (χ3n) is 4.03. The van der Waals surface area contributed by atoms with E-state index in [1.165, 1.54) is 6.42 Å². The van der Waals surface area contributed by atoms with Gasteiger partial charge >= 0.3 is 0 Å². The standard InChI is InChI=1S/C16H26N2O/c1-2-14-13-18(11-9-16(14)17)10-6-12-19-15-7-4-3-5-8-15/h3-5,7-8,14,16H,2,6,9-13,17H2,1H3. The van der Waals surface area contributed by atoms with Crippen molar-refractivity contribution in [2.45, 2.75) is 32.2 Å². The molecule has 2 atom stereocenters. The number of nitrogens with zero attached hydrogens (tertiary/aromatic N) is 1. The maximum Gasteiger partial charge on any atom is 0.119 e. The first kappa shape index (κ1) is 14.4. The lowest BCUT2D eigenvalue weighted by atomic mass is 9.91. The molecule has 19 heavy (non-hydrogen) atoms. The van der Waals surface area contributed by atoms with Crippen molar-refractivity contribution in [1.29, 1.82) is 0 Å². The molecule has 2 unspecified atom stereocenters. The van der Waals surface area contributed by atoms with Gasteiger partial charge in [0.25, 0.3) is 0 Å². The summed E-state index contributed by atoms with van der Waals surface area (Å²) in [5, 5.41) is 0. The molecule has 1 aromatic rings. The van der Waals surface area contributed by atoms with Gasteiger partial charge in [-0.25, -0.2) is 0 Å². The van der Waals surface area contributed by atoms with E-state index in [0.29, 0.717) is 12.0 Å². The van der Waals surface area contributed by atoms with Crippen LogP contribution in [0.4, 0.5) is 0 Å². The second kappa shape index (κ2) is 7.51. The van der Waals surface area contributed by atoms with Crippen LogP contribution in [-0.2, 0) is 0 Å². The van der Waals surface area contributed by atoms with Crippen LogP contribution < -0.4 is 10.5 Å². The summed E-state index contributed by atoms with van der Waals surface area (Å²) in [7, 11) is 0. The number of ether oxygens (including phenoxy) is 1. The van der Waals surface area contributed by atoms with Gasteiger partial charge in [0.2, 0.25) is 0 Å². The highest BCUT2D eigenvalue weighted by molar-refractivity contribution is 5.20. The van der Waals surface area contributed by atoms with E-state index in [9.17, 15) is 0 Å². The van der Waals surface area contributed by atoms with Gasteiger partial charge in [-0.05, 0) is 37.4 Å². The van der Waals surface area contributed by atoms with Crippen molar-refractivity contribution < 1.29 is 4.74 Å². The largest absolute Gasteiger partial charge is 0.494 e. The van der Waals surface area contributed by atoms with Crippen molar-refractivity contribution in [1.82, 2.24) is 4.90 Å². The second-order valence-electron chi connectivity index (χ2n) is 5.44. The smallest absolute Gasteiger partial charge is 0.119 e. The number of rotatable bonds is 6. The van der Waals surface area contributed by atoms with Crippen LogP contribution in [0.1, 0.15) is 26.2 Å². The molecule has 0 amide bonds. The number of benzene rings is 1. The van der Waals surface area contributed by atoms with E-state index in [1.807, 2.05) is 30.3 Å². The molecule has 0 saturated carbocycles. The van der Waals surface area contributed by atoms with Crippen LogP contribution in [0.2, 0.25) is 0 Å². The van der Waals surface area contributed by atoms with E-state index in [4.69, 9.17) is 10.5 Å². The summed E-state index contributed by atoms with van der Waals surface area (Å²) >= 11 is 0. The number of likely N-dealkylation sites (tertiary alicyclic amines) is 1. The van der Waals surface area contributed by atoms with E-state index in [0.717, 1.165) is 44.8 Å². The van der Waals surface area contributed by atoms with Crippen LogP contribution in [0, 0.1) is 5.92 Å². The Kier molecular flexibility index (Phi) is 5.67. The minimum atomic E-state index is 0.404. The first-order chi connectivity index (χ1) is 9.29. The zero-order valence-corrected chi connectivity index (χ0v) is 11.9. The van der Waals surface area contributed by atoms with E-state index < -0.39 is 0 Å². The molecular weight excluding hydrogens is 236 g/mol. The summed E-state index contributed by atoms with van der Waals surface area (Å²) in [6, 6.07) is 10.4. The summed E-state index contributed by atoms with van der Waals surface area (Å²) in [4.78, 5) is 2.53. The van der Waals surface area contributed by atoms with Gasteiger partial charge in [0, 0.05) is 19.1 Å². The molecule has 0 radical (unpaired) electrons. The summed E-state index contributed by atoms with van der Waals surface area (Å²) in [5.74, 6) is 1.64. The van der Waals surface area contributed by atoms with Gasteiger partial charge in [0.1, 0.15) is 5.75 Å². The Bertz CT molecular complexity index is 355. The van der Waals surface area contributed by atoms with Crippen LogP contribution in [0.15, 0.2) is 30.3 Å². The van der Waals surface area contributed by atoms with Crippen molar-refractivity contribution in [3.8, 4) is 5.75 Å². The summed E-state index contributed by atoms with van der Waals surface area (Å²) in [5.41, 5.74) is 6.13. The van der Waals surface area contributed by atoms with Crippen LogP contribution >= 0.6 is 0 Å². The molecule has 0 spiro atoms. The molecule has 106 valence electrons. The maximum absolute atomic E-state index is 6.13. The first-order valence-corrected chi connectivity index (χ1v) is 7.45. The van der Waals surface area contributed by atoms with Crippen molar-refractivity contribution in [3.05, 3.63) is 30.3 Å². The molecule has 3 nitrogen and oxygen atoms in total. The predicted molar refractivity (Wildman–Crippen MR) is 79.4 cm³/mol. The van der Waals surface area contributed by atoms with Crippen LogP contribution in [0.5, 0.6) is 5.75 Å². The topological polar surface area (TPSA) is 38.5 Å². The van der Waals surface area contributed by atoms with E-state index in [-0.39, 0.29) is 0 Å². The Morgan fingerprint density at radius 1 is 1.32 bits per heavy atom. The first-order valence-electron chi connectivity index (χ1n) is 7.45. The van der Waals surface area contributed by atoms with Gasteiger partial charge in [0.05, 0.1) is 6.61 Å². The average Bonchev–Trinajstić information content (AvgIpc) is 2.46. The fraction of sp³-hybridized carbons (Fsp3) is 0.625. The van der Waals surface area contributed by atoms with Crippen molar-refractivity contribution in [2.75, 3.05) is 26.2 Å². The lowest BCUT2D eigenvalue weighted by Gasteiger charge is -2.36. The third kappa shape index (κ3) is 4.51. The maximum atomic E-state index is 6.13. The van der Waals surface area contributed by atoms with Crippen LogP contribution in [-0.4, -0.2) is 37.2 Å². The second-order valence-corrected chi connectivity index (χ2v) is 5.44. The van der Waals surface area contributed by atoms with Gasteiger partial charge in [0.15, 0.2) is 0 Å². The average molecular weight is 262 g/mol. The summed E-state index contributed by atoms with van der Waals surface area (Å²) < 4.78 is 5.72. The molecule has 0 bridgehead atoms. The molecular formula is C16H26N2O. The van der Waals surface area contributed by atoms with Gasteiger partial charge < -0.3 is 15.4 Å².